The highest BCUT2D eigenvalue weighted by atomic mass is 35.5. The SMILES string of the molecule is Cc1ccc(C2(Cc3cccc(OC(F)(F)F)c3)CN(CC(O)C(F)(F)F)c3ccccc32)cc1Cl. The summed E-state index contributed by atoms with van der Waals surface area (Å²) < 4.78 is 82.1. The Morgan fingerprint density at radius 1 is 1.00 bits per heavy atom. The van der Waals surface area contributed by atoms with Crippen LogP contribution in [0.2, 0.25) is 5.02 Å². The molecule has 0 bridgehead atoms. The molecule has 1 heterocycles. The molecule has 0 spiro atoms. The van der Waals surface area contributed by atoms with Crippen molar-refractivity contribution in [1.82, 2.24) is 0 Å². The molecule has 0 aromatic heterocycles. The number of fused-ring (bicyclic) bond motifs is 1. The standard InChI is InChI=1S/C26H22ClF6NO2/c1-16-9-10-18(12-21(16)27)24(13-17-5-4-6-19(11-17)36-26(31,32)33)15-34(14-23(35)25(28,29)30)22-8-3-2-7-20(22)24/h2-12,23,35H,13-15H2,1H3. The zero-order chi connectivity index (χ0) is 26.3. The first-order valence-corrected chi connectivity index (χ1v) is 11.4. The van der Waals surface area contributed by atoms with Crippen molar-refractivity contribution in [2.75, 3.05) is 18.0 Å². The Kier molecular flexibility index (Phi) is 6.92. The second-order valence-electron chi connectivity index (χ2n) is 8.87. The van der Waals surface area contributed by atoms with Crippen LogP contribution in [0.25, 0.3) is 0 Å². The van der Waals surface area contributed by atoms with Crippen LogP contribution in [0.3, 0.4) is 0 Å². The van der Waals surface area contributed by atoms with Crippen molar-refractivity contribution >= 4 is 17.3 Å². The quantitative estimate of drug-likeness (QED) is 0.356. The van der Waals surface area contributed by atoms with Gasteiger partial charge in [-0.05, 0) is 59.9 Å². The Labute approximate surface area is 208 Å². The van der Waals surface area contributed by atoms with E-state index < -0.39 is 36.4 Å². The summed E-state index contributed by atoms with van der Waals surface area (Å²) in [4.78, 5) is 1.46. The fourth-order valence-corrected chi connectivity index (χ4v) is 4.90. The molecule has 2 unspecified atom stereocenters. The Hall–Kier alpha value is -2.91. The van der Waals surface area contributed by atoms with Gasteiger partial charge in [-0.3, -0.25) is 0 Å². The van der Waals surface area contributed by atoms with Gasteiger partial charge in [-0.15, -0.1) is 13.2 Å². The summed E-state index contributed by atoms with van der Waals surface area (Å²) in [5.74, 6) is -0.396. The number of ether oxygens (including phenoxy) is 1. The van der Waals surface area contributed by atoms with E-state index in [0.717, 1.165) is 5.56 Å². The normalized spacial score (nSPS) is 18.8. The fourth-order valence-electron chi connectivity index (χ4n) is 4.72. The average Bonchev–Trinajstić information content (AvgIpc) is 3.08. The first-order chi connectivity index (χ1) is 16.8. The maximum atomic E-state index is 13.2. The molecule has 0 radical (unpaired) electrons. The number of β-amino-alcohol motifs (C(OH)–C–C–N with tert-alkyl or cyclic N) is 1. The number of aryl methyl sites for hydroxylation is 1. The number of aliphatic hydroxyl groups is 1. The lowest BCUT2D eigenvalue weighted by Gasteiger charge is -2.33. The Bertz CT molecular complexity index is 1250. The maximum Gasteiger partial charge on any atom is 0.573 e. The summed E-state index contributed by atoms with van der Waals surface area (Å²) in [5.41, 5.74) is 2.20. The predicted molar refractivity (Wildman–Crippen MR) is 125 cm³/mol. The number of alkyl halides is 6. The number of hydrogen-bond acceptors (Lipinski definition) is 3. The van der Waals surface area contributed by atoms with Crippen molar-refractivity contribution in [3.05, 3.63) is 94.0 Å². The van der Waals surface area contributed by atoms with Gasteiger partial charge in [0.15, 0.2) is 6.10 Å². The van der Waals surface area contributed by atoms with E-state index in [0.29, 0.717) is 27.4 Å². The van der Waals surface area contributed by atoms with Gasteiger partial charge in [0.05, 0.1) is 6.54 Å². The molecular weight excluding hydrogens is 508 g/mol. The van der Waals surface area contributed by atoms with Gasteiger partial charge in [0.1, 0.15) is 5.75 Å². The van der Waals surface area contributed by atoms with E-state index in [1.54, 1.807) is 42.5 Å². The van der Waals surface area contributed by atoms with E-state index >= 15 is 0 Å². The molecule has 0 saturated carbocycles. The lowest BCUT2D eigenvalue weighted by molar-refractivity contribution is -0.274. The highest BCUT2D eigenvalue weighted by Crippen LogP contribution is 2.48. The van der Waals surface area contributed by atoms with E-state index in [2.05, 4.69) is 4.74 Å². The van der Waals surface area contributed by atoms with Crippen molar-refractivity contribution in [3.63, 3.8) is 0 Å². The molecule has 0 fully saturated rings. The van der Waals surface area contributed by atoms with Crippen molar-refractivity contribution in [2.45, 2.75) is 37.4 Å². The van der Waals surface area contributed by atoms with Gasteiger partial charge in [-0.1, -0.05) is 54.1 Å². The monoisotopic (exact) mass is 529 g/mol. The average molecular weight is 530 g/mol. The molecule has 3 aromatic carbocycles. The molecule has 4 rings (SSSR count). The largest absolute Gasteiger partial charge is 0.573 e. The van der Waals surface area contributed by atoms with Crippen LogP contribution < -0.4 is 9.64 Å². The summed E-state index contributed by atoms with van der Waals surface area (Å²) in [6.07, 6.45) is -12.1. The minimum Gasteiger partial charge on any atom is -0.406 e. The summed E-state index contributed by atoms with van der Waals surface area (Å²) in [6.45, 7) is 1.16. The first kappa shape index (κ1) is 26.2. The van der Waals surface area contributed by atoms with E-state index in [1.165, 1.54) is 23.1 Å². The van der Waals surface area contributed by atoms with Crippen LogP contribution in [0.1, 0.15) is 22.3 Å². The molecule has 36 heavy (non-hydrogen) atoms. The van der Waals surface area contributed by atoms with Crippen molar-refractivity contribution in [3.8, 4) is 5.75 Å². The number of halogens is 7. The number of anilines is 1. The van der Waals surface area contributed by atoms with Gasteiger partial charge in [0.25, 0.3) is 0 Å². The minimum atomic E-state index is -4.87. The Balaban J connectivity index is 1.83. The van der Waals surface area contributed by atoms with Gasteiger partial charge in [-0.2, -0.15) is 13.2 Å². The molecule has 1 aliphatic heterocycles. The summed E-state index contributed by atoms with van der Waals surface area (Å²) >= 11 is 6.42. The number of para-hydroxylation sites is 1. The third-order valence-electron chi connectivity index (χ3n) is 6.35. The van der Waals surface area contributed by atoms with Gasteiger partial charge >= 0.3 is 12.5 Å². The second-order valence-corrected chi connectivity index (χ2v) is 9.28. The zero-order valence-electron chi connectivity index (χ0n) is 19.0. The third kappa shape index (κ3) is 5.42. The molecule has 1 aliphatic rings. The molecular formula is C26H22ClF6NO2. The van der Waals surface area contributed by atoms with Crippen molar-refractivity contribution in [2.24, 2.45) is 0 Å². The Morgan fingerprint density at radius 3 is 2.39 bits per heavy atom. The number of nitrogens with zero attached hydrogens (tertiary/aromatic N) is 1. The van der Waals surface area contributed by atoms with Gasteiger partial charge < -0.3 is 14.7 Å². The summed E-state index contributed by atoms with van der Waals surface area (Å²) in [5, 5.41) is 10.3. The molecule has 0 amide bonds. The predicted octanol–water partition coefficient (Wildman–Crippen LogP) is 6.82. The number of benzene rings is 3. The molecule has 0 aliphatic carbocycles. The summed E-state index contributed by atoms with van der Waals surface area (Å²) in [7, 11) is 0. The van der Waals surface area contributed by atoms with Crippen LogP contribution in [-0.4, -0.2) is 36.8 Å². The number of hydrogen-bond donors (Lipinski definition) is 1. The van der Waals surface area contributed by atoms with Crippen LogP contribution in [0.5, 0.6) is 5.75 Å². The number of aliphatic hydroxyl groups excluding tert-OH is 1. The van der Waals surface area contributed by atoms with Gasteiger partial charge in [-0.25, -0.2) is 0 Å². The smallest absolute Gasteiger partial charge is 0.406 e. The maximum absolute atomic E-state index is 13.2. The van der Waals surface area contributed by atoms with E-state index in [-0.39, 0.29) is 13.0 Å². The zero-order valence-corrected chi connectivity index (χ0v) is 19.8. The fraction of sp³-hybridized carbons (Fsp3) is 0.308. The van der Waals surface area contributed by atoms with Crippen LogP contribution in [0.4, 0.5) is 32.0 Å². The molecule has 1 N–H and O–H groups in total. The lowest BCUT2D eigenvalue weighted by Crippen LogP contribution is -2.44. The molecule has 3 nitrogen and oxygen atoms in total. The molecule has 2 atom stereocenters. The van der Waals surface area contributed by atoms with E-state index in [9.17, 15) is 31.4 Å². The second kappa shape index (κ2) is 9.52. The topological polar surface area (TPSA) is 32.7 Å². The third-order valence-corrected chi connectivity index (χ3v) is 6.76. The first-order valence-electron chi connectivity index (χ1n) is 11.0. The van der Waals surface area contributed by atoms with E-state index in [1.807, 2.05) is 13.0 Å². The molecule has 10 heteroatoms. The van der Waals surface area contributed by atoms with Crippen molar-refractivity contribution in [1.29, 1.82) is 0 Å². The van der Waals surface area contributed by atoms with Gasteiger partial charge in [0.2, 0.25) is 0 Å². The van der Waals surface area contributed by atoms with Gasteiger partial charge in [0, 0.05) is 22.7 Å². The van der Waals surface area contributed by atoms with E-state index in [4.69, 9.17) is 11.6 Å². The van der Waals surface area contributed by atoms with Crippen molar-refractivity contribution < 1.29 is 36.2 Å². The highest BCUT2D eigenvalue weighted by Gasteiger charge is 2.47. The molecule has 192 valence electrons. The molecule has 0 saturated heterocycles. The minimum absolute atomic E-state index is 0.0449. The van der Waals surface area contributed by atoms with Crippen LogP contribution in [0, 0.1) is 6.92 Å². The molecule has 3 aromatic rings. The summed E-state index contributed by atoms with van der Waals surface area (Å²) in [6, 6.07) is 17.7. The van der Waals surface area contributed by atoms with Crippen LogP contribution >= 0.6 is 11.6 Å². The van der Waals surface area contributed by atoms with Crippen LogP contribution in [-0.2, 0) is 11.8 Å². The van der Waals surface area contributed by atoms with Crippen LogP contribution in [0.15, 0.2) is 66.7 Å². The Morgan fingerprint density at radius 2 is 1.72 bits per heavy atom. The lowest BCUT2D eigenvalue weighted by atomic mass is 9.71. The number of rotatable bonds is 6. The highest BCUT2D eigenvalue weighted by molar-refractivity contribution is 6.31.